The smallest absolute Gasteiger partial charge is 0.262 e. The SMILES string of the molecule is C[C@H](NS(=O)(=O)c1ccc(OCC(=O)Nc2ccc(C3(C#N)CC3)cc2)cc1)c1ccccc1. The molecule has 0 heterocycles. The number of sulfonamides is 1. The molecule has 174 valence electrons. The second-order valence-corrected chi connectivity index (χ2v) is 10.0. The van der Waals surface area contributed by atoms with Crippen molar-refractivity contribution in [1.82, 2.24) is 4.72 Å². The van der Waals surface area contributed by atoms with Crippen molar-refractivity contribution in [2.24, 2.45) is 0 Å². The number of hydrogen-bond acceptors (Lipinski definition) is 5. The molecule has 1 aliphatic rings. The zero-order valence-electron chi connectivity index (χ0n) is 18.7. The van der Waals surface area contributed by atoms with Gasteiger partial charge in [0.2, 0.25) is 10.0 Å². The quantitative estimate of drug-likeness (QED) is 0.480. The van der Waals surface area contributed by atoms with Gasteiger partial charge in [0.25, 0.3) is 5.91 Å². The van der Waals surface area contributed by atoms with E-state index in [2.05, 4.69) is 16.1 Å². The Bertz CT molecular complexity index is 1290. The first-order valence-corrected chi connectivity index (χ1v) is 12.4. The van der Waals surface area contributed by atoms with Crippen LogP contribution in [0.5, 0.6) is 5.75 Å². The third-order valence-corrected chi connectivity index (χ3v) is 7.38. The molecule has 0 radical (unpaired) electrons. The molecule has 0 unspecified atom stereocenters. The summed E-state index contributed by atoms with van der Waals surface area (Å²) < 4.78 is 33.5. The molecule has 4 rings (SSSR count). The topological polar surface area (TPSA) is 108 Å². The van der Waals surface area contributed by atoms with Gasteiger partial charge in [-0.05, 0) is 67.3 Å². The lowest BCUT2D eigenvalue weighted by atomic mass is 9.98. The van der Waals surface area contributed by atoms with Crippen LogP contribution in [0.1, 0.15) is 36.9 Å². The van der Waals surface area contributed by atoms with E-state index in [1.54, 1.807) is 19.1 Å². The predicted molar refractivity (Wildman–Crippen MR) is 129 cm³/mol. The van der Waals surface area contributed by atoms with Gasteiger partial charge < -0.3 is 10.1 Å². The molecular weight excluding hydrogens is 450 g/mol. The number of hydrogen-bond donors (Lipinski definition) is 2. The Morgan fingerprint density at radius 3 is 2.26 bits per heavy atom. The first-order valence-electron chi connectivity index (χ1n) is 10.9. The van der Waals surface area contributed by atoms with Gasteiger partial charge in [-0.3, -0.25) is 4.79 Å². The maximum absolute atomic E-state index is 12.7. The van der Waals surface area contributed by atoms with Crippen molar-refractivity contribution in [2.45, 2.75) is 36.1 Å². The molecule has 0 aromatic heterocycles. The monoisotopic (exact) mass is 475 g/mol. The molecule has 0 bridgehead atoms. The Kier molecular flexibility index (Phi) is 6.68. The van der Waals surface area contributed by atoms with E-state index in [9.17, 15) is 18.5 Å². The summed E-state index contributed by atoms with van der Waals surface area (Å²) in [6.07, 6.45) is 1.73. The van der Waals surface area contributed by atoms with Crippen molar-refractivity contribution < 1.29 is 17.9 Å². The summed E-state index contributed by atoms with van der Waals surface area (Å²) in [4.78, 5) is 12.3. The van der Waals surface area contributed by atoms with E-state index >= 15 is 0 Å². The van der Waals surface area contributed by atoms with E-state index in [1.807, 2.05) is 42.5 Å². The second-order valence-electron chi connectivity index (χ2n) is 8.33. The van der Waals surface area contributed by atoms with Crippen LogP contribution in [-0.2, 0) is 20.2 Å². The van der Waals surface area contributed by atoms with Crippen molar-refractivity contribution in [1.29, 1.82) is 5.26 Å². The third-order valence-electron chi connectivity index (χ3n) is 5.82. The van der Waals surface area contributed by atoms with E-state index < -0.39 is 10.0 Å². The lowest BCUT2D eigenvalue weighted by Gasteiger charge is -2.15. The van der Waals surface area contributed by atoms with Crippen molar-refractivity contribution in [3.8, 4) is 11.8 Å². The van der Waals surface area contributed by atoms with E-state index in [1.165, 1.54) is 24.3 Å². The zero-order chi connectivity index (χ0) is 24.2. The maximum Gasteiger partial charge on any atom is 0.262 e. The summed E-state index contributed by atoms with van der Waals surface area (Å²) in [7, 11) is -3.71. The Labute approximate surface area is 199 Å². The van der Waals surface area contributed by atoms with Gasteiger partial charge >= 0.3 is 0 Å². The minimum atomic E-state index is -3.71. The van der Waals surface area contributed by atoms with Crippen LogP contribution in [0.25, 0.3) is 0 Å². The Morgan fingerprint density at radius 2 is 1.68 bits per heavy atom. The van der Waals surface area contributed by atoms with Crippen molar-refractivity contribution in [3.63, 3.8) is 0 Å². The highest BCUT2D eigenvalue weighted by Gasteiger charge is 2.44. The summed E-state index contributed by atoms with van der Waals surface area (Å²) in [5, 5.41) is 12.0. The van der Waals surface area contributed by atoms with Crippen LogP contribution in [0.3, 0.4) is 0 Å². The molecule has 2 N–H and O–H groups in total. The van der Waals surface area contributed by atoms with E-state index in [4.69, 9.17) is 4.74 Å². The molecule has 8 heteroatoms. The molecule has 1 fully saturated rings. The Hall–Kier alpha value is -3.67. The molecule has 0 aliphatic heterocycles. The number of rotatable bonds is 9. The van der Waals surface area contributed by atoms with Crippen LogP contribution in [0.4, 0.5) is 5.69 Å². The number of benzene rings is 3. The minimum absolute atomic E-state index is 0.109. The number of amides is 1. The van der Waals surface area contributed by atoms with Crippen LogP contribution in [-0.4, -0.2) is 20.9 Å². The fourth-order valence-corrected chi connectivity index (χ4v) is 4.87. The lowest BCUT2D eigenvalue weighted by Crippen LogP contribution is -2.26. The largest absolute Gasteiger partial charge is 0.484 e. The second kappa shape index (κ2) is 9.67. The fraction of sp³-hybridized carbons (Fsp3) is 0.231. The van der Waals surface area contributed by atoms with Gasteiger partial charge in [0, 0.05) is 11.7 Å². The Balaban J connectivity index is 1.29. The first kappa shape index (κ1) is 23.5. The van der Waals surface area contributed by atoms with Crippen molar-refractivity contribution >= 4 is 21.6 Å². The number of carbonyl (C=O) groups excluding carboxylic acids is 1. The predicted octanol–water partition coefficient (Wildman–Crippen LogP) is 4.30. The molecular formula is C26H25N3O4S. The summed E-state index contributed by atoms with van der Waals surface area (Å²) >= 11 is 0. The third kappa shape index (κ3) is 5.45. The average molecular weight is 476 g/mol. The number of carbonyl (C=O) groups is 1. The maximum atomic E-state index is 12.7. The van der Waals surface area contributed by atoms with Crippen LogP contribution >= 0.6 is 0 Å². The van der Waals surface area contributed by atoms with Crippen molar-refractivity contribution in [2.75, 3.05) is 11.9 Å². The highest BCUT2D eigenvalue weighted by molar-refractivity contribution is 7.89. The van der Waals surface area contributed by atoms with Gasteiger partial charge in [-0.25, -0.2) is 13.1 Å². The molecule has 3 aromatic rings. The van der Waals surface area contributed by atoms with Crippen LogP contribution < -0.4 is 14.8 Å². The highest BCUT2D eigenvalue weighted by Crippen LogP contribution is 2.47. The number of ether oxygens (including phenoxy) is 1. The van der Waals surface area contributed by atoms with Gasteiger partial charge in [-0.1, -0.05) is 42.5 Å². The van der Waals surface area contributed by atoms with Crippen LogP contribution in [0, 0.1) is 11.3 Å². The summed E-state index contributed by atoms with van der Waals surface area (Å²) in [5.74, 6) is 0.0365. The molecule has 0 spiro atoms. The average Bonchev–Trinajstić information content (AvgIpc) is 3.65. The summed E-state index contributed by atoms with van der Waals surface area (Å²) in [5.41, 5.74) is 2.09. The molecule has 1 atom stereocenters. The molecule has 1 saturated carbocycles. The van der Waals surface area contributed by atoms with Gasteiger partial charge in [0.05, 0.1) is 16.4 Å². The lowest BCUT2D eigenvalue weighted by molar-refractivity contribution is -0.118. The van der Waals surface area contributed by atoms with Crippen LogP contribution in [0.2, 0.25) is 0 Å². The number of nitrogens with one attached hydrogen (secondary N) is 2. The highest BCUT2D eigenvalue weighted by atomic mass is 32.2. The molecule has 1 aliphatic carbocycles. The Morgan fingerprint density at radius 1 is 1.03 bits per heavy atom. The van der Waals surface area contributed by atoms with Crippen molar-refractivity contribution in [3.05, 3.63) is 90.0 Å². The number of nitrogens with zero attached hydrogens (tertiary/aromatic N) is 1. The van der Waals surface area contributed by atoms with Gasteiger partial charge in [0.1, 0.15) is 5.75 Å². The van der Waals surface area contributed by atoms with Gasteiger partial charge in [-0.15, -0.1) is 0 Å². The number of anilines is 1. The van der Waals surface area contributed by atoms with E-state index in [0.717, 1.165) is 24.0 Å². The number of nitriles is 1. The summed E-state index contributed by atoms with van der Waals surface area (Å²) in [6.45, 7) is 1.56. The zero-order valence-corrected chi connectivity index (χ0v) is 19.5. The van der Waals surface area contributed by atoms with Crippen LogP contribution in [0.15, 0.2) is 83.8 Å². The fourth-order valence-electron chi connectivity index (χ4n) is 3.63. The minimum Gasteiger partial charge on any atom is -0.484 e. The van der Waals surface area contributed by atoms with E-state index in [0.29, 0.717) is 11.4 Å². The summed E-state index contributed by atoms with van der Waals surface area (Å²) in [6, 6.07) is 24.4. The molecule has 7 nitrogen and oxygen atoms in total. The first-order chi connectivity index (χ1) is 16.3. The molecule has 1 amide bonds. The molecule has 3 aromatic carbocycles. The normalized spacial score (nSPS) is 15.1. The van der Waals surface area contributed by atoms with E-state index in [-0.39, 0.29) is 28.9 Å². The molecule has 34 heavy (non-hydrogen) atoms. The van der Waals surface area contributed by atoms with Gasteiger partial charge in [-0.2, -0.15) is 5.26 Å². The standard InChI is InChI=1S/C26H25N3O4S/c1-19(20-5-3-2-4-6-20)29-34(31,32)24-13-11-23(12-14-24)33-17-25(30)28-22-9-7-21(8-10-22)26(18-27)15-16-26/h2-14,19,29H,15-17H2,1H3,(H,28,30)/t19-/m0/s1. The van der Waals surface area contributed by atoms with Gasteiger partial charge in [0.15, 0.2) is 6.61 Å². The molecule has 0 saturated heterocycles.